The number of ether oxygens (including phenoxy) is 1. The van der Waals surface area contributed by atoms with Gasteiger partial charge in [-0.3, -0.25) is 9.59 Å². The number of amides is 3. The Bertz CT molecular complexity index is 1010. The number of hydrogen-bond donors (Lipinski definition) is 1. The molecular formula is C25H31N3O4. The van der Waals surface area contributed by atoms with Crippen molar-refractivity contribution in [2.45, 2.75) is 39.2 Å². The van der Waals surface area contributed by atoms with Gasteiger partial charge in [0.25, 0.3) is 0 Å². The van der Waals surface area contributed by atoms with Gasteiger partial charge in [0, 0.05) is 31.1 Å². The fourth-order valence-electron chi connectivity index (χ4n) is 4.50. The van der Waals surface area contributed by atoms with Gasteiger partial charge in [-0.2, -0.15) is 0 Å². The van der Waals surface area contributed by atoms with Crippen molar-refractivity contribution in [3.05, 3.63) is 48.0 Å². The molecule has 0 aromatic heterocycles. The zero-order valence-corrected chi connectivity index (χ0v) is 18.8. The summed E-state index contributed by atoms with van der Waals surface area (Å²) in [6, 6.07) is 14.1. The summed E-state index contributed by atoms with van der Waals surface area (Å²) >= 11 is 0. The molecule has 2 aromatic carbocycles. The number of hydrogen-bond acceptors (Lipinski definition) is 4. The lowest BCUT2D eigenvalue weighted by Gasteiger charge is -2.44. The fourth-order valence-corrected chi connectivity index (χ4v) is 4.50. The molecule has 0 bridgehead atoms. The van der Waals surface area contributed by atoms with Gasteiger partial charge in [-0.15, -0.1) is 0 Å². The van der Waals surface area contributed by atoms with Crippen molar-refractivity contribution in [3.63, 3.8) is 0 Å². The van der Waals surface area contributed by atoms with Crippen LogP contribution in [0.25, 0.3) is 10.8 Å². The van der Waals surface area contributed by atoms with Crippen LogP contribution in [-0.2, 0) is 20.7 Å². The normalized spacial score (nSPS) is 19.0. The number of piperidine rings is 1. The summed E-state index contributed by atoms with van der Waals surface area (Å²) in [5, 5.41) is 4.98. The Labute approximate surface area is 188 Å². The van der Waals surface area contributed by atoms with Gasteiger partial charge in [-0.1, -0.05) is 56.3 Å². The second-order valence-electron chi connectivity index (χ2n) is 9.59. The molecule has 2 aliphatic heterocycles. The van der Waals surface area contributed by atoms with Crippen LogP contribution in [-0.4, -0.2) is 66.5 Å². The SMILES string of the molecule is CC1(C)COC(=O)N(C2CCN(C(=O)CNC(=O)Cc3ccc4ccccc4c3)CC2)C1. The van der Waals surface area contributed by atoms with E-state index in [9.17, 15) is 14.4 Å². The topological polar surface area (TPSA) is 79.0 Å². The van der Waals surface area contributed by atoms with Gasteiger partial charge in [-0.05, 0) is 29.2 Å². The molecule has 0 unspecified atom stereocenters. The number of carbonyl (C=O) groups is 3. The van der Waals surface area contributed by atoms with Gasteiger partial charge in [0.15, 0.2) is 0 Å². The molecular weight excluding hydrogens is 406 g/mol. The Morgan fingerprint density at radius 3 is 2.56 bits per heavy atom. The molecule has 0 spiro atoms. The Morgan fingerprint density at radius 1 is 1.09 bits per heavy atom. The largest absolute Gasteiger partial charge is 0.449 e. The van der Waals surface area contributed by atoms with E-state index >= 15 is 0 Å². The number of benzene rings is 2. The maximum Gasteiger partial charge on any atom is 0.410 e. The van der Waals surface area contributed by atoms with E-state index in [0.29, 0.717) is 26.2 Å². The summed E-state index contributed by atoms with van der Waals surface area (Å²) < 4.78 is 5.33. The van der Waals surface area contributed by atoms with Gasteiger partial charge in [-0.25, -0.2) is 4.79 Å². The van der Waals surface area contributed by atoms with Crippen molar-refractivity contribution in [2.24, 2.45) is 5.41 Å². The zero-order chi connectivity index (χ0) is 22.7. The molecule has 7 nitrogen and oxygen atoms in total. The highest BCUT2D eigenvalue weighted by Crippen LogP contribution is 2.28. The third-order valence-corrected chi connectivity index (χ3v) is 6.29. The van der Waals surface area contributed by atoms with Crippen LogP contribution in [0.2, 0.25) is 0 Å². The van der Waals surface area contributed by atoms with E-state index in [-0.39, 0.29) is 42.3 Å². The minimum atomic E-state index is -0.255. The van der Waals surface area contributed by atoms with E-state index in [1.165, 1.54) is 0 Å². The first-order valence-electron chi connectivity index (χ1n) is 11.3. The van der Waals surface area contributed by atoms with Crippen LogP contribution in [0.5, 0.6) is 0 Å². The molecule has 2 heterocycles. The lowest BCUT2D eigenvalue weighted by Crippen LogP contribution is -2.55. The van der Waals surface area contributed by atoms with Crippen LogP contribution in [0, 0.1) is 5.41 Å². The summed E-state index contributed by atoms with van der Waals surface area (Å²) in [5.74, 6) is -0.251. The molecule has 1 N–H and O–H groups in total. The first kappa shape index (κ1) is 22.1. The average molecular weight is 438 g/mol. The fraction of sp³-hybridized carbons (Fsp3) is 0.480. The second-order valence-corrected chi connectivity index (χ2v) is 9.59. The Morgan fingerprint density at radius 2 is 1.81 bits per heavy atom. The molecule has 2 aromatic rings. The molecule has 170 valence electrons. The van der Waals surface area contributed by atoms with Gasteiger partial charge < -0.3 is 19.9 Å². The second kappa shape index (κ2) is 9.18. The number of likely N-dealkylation sites (tertiary alicyclic amines) is 1. The van der Waals surface area contributed by atoms with E-state index in [4.69, 9.17) is 4.74 Å². The molecule has 4 rings (SSSR count). The third-order valence-electron chi connectivity index (χ3n) is 6.29. The van der Waals surface area contributed by atoms with Gasteiger partial charge in [0.2, 0.25) is 11.8 Å². The van der Waals surface area contributed by atoms with Gasteiger partial charge in [0.05, 0.1) is 19.6 Å². The molecule has 32 heavy (non-hydrogen) atoms. The molecule has 0 aliphatic carbocycles. The van der Waals surface area contributed by atoms with Crippen molar-refractivity contribution in [3.8, 4) is 0 Å². The van der Waals surface area contributed by atoms with Crippen LogP contribution in [0.3, 0.4) is 0 Å². The van der Waals surface area contributed by atoms with Crippen molar-refractivity contribution < 1.29 is 19.1 Å². The summed E-state index contributed by atoms with van der Waals surface area (Å²) in [6.07, 6.45) is 1.44. The predicted molar refractivity (Wildman–Crippen MR) is 122 cm³/mol. The number of rotatable bonds is 5. The third kappa shape index (κ3) is 5.21. The lowest BCUT2D eigenvalue weighted by molar-refractivity contribution is -0.134. The molecule has 0 atom stereocenters. The highest BCUT2D eigenvalue weighted by Gasteiger charge is 2.38. The van der Waals surface area contributed by atoms with Crippen molar-refractivity contribution in [1.82, 2.24) is 15.1 Å². The van der Waals surface area contributed by atoms with E-state index in [1.807, 2.05) is 47.4 Å². The monoisotopic (exact) mass is 437 g/mol. The van der Waals surface area contributed by atoms with Gasteiger partial charge >= 0.3 is 6.09 Å². The van der Waals surface area contributed by atoms with E-state index in [0.717, 1.165) is 29.2 Å². The maximum atomic E-state index is 12.6. The minimum absolute atomic E-state index is 0.00410. The maximum absolute atomic E-state index is 12.6. The standard InChI is InChI=1S/C25H31N3O4/c1-25(2)16-28(24(31)32-17-25)21-9-11-27(12-10-21)23(30)15-26-22(29)14-18-7-8-19-5-3-4-6-20(19)13-18/h3-8,13,21H,9-12,14-17H2,1-2H3,(H,26,29). The van der Waals surface area contributed by atoms with Crippen molar-refractivity contribution in [2.75, 3.05) is 32.8 Å². The Balaban J connectivity index is 1.23. The van der Waals surface area contributed by atoms with Crippen LogP contribution >= 0.6 is 0 Å². The Kier molecular flexibility index (Phi) is 6.35. The predicted octanol–water partition coefficient (Wildman–Crippen LogP) is 2.97. The number of fused-ring (bicyclic) bond motifs is 1. The van der Waals surface area contributed by atoms with Crippen LogP contribution < -0.4 is 5.32 Å². The smallest absolute Gasteiger partial charge is 0.410 e. The minimum Gasteiger partial charge on any atom is -0.449 e. The highest BCUT2D eigenvalue weighted by atomic mass is 16.6. The molecule has 2 aliphatic rings. The summed E-state index contributed by atoms with van der Waals surface area (Å²) in [6.45, 7) is 6.45. The van der Waals surface area contributed by atoms with E-state index in [1.54, 1.807) is 4.90 Å². The Hall–Kier alpha value is -3.09. The molecule has 7 heteroatoms. The number of nitrogens with zero attached hydrogens (tertiary/aromatic N) is 2. The summed E-state index contributed by atoms with van der Waals surface area (Å²) in [5.41, 5.74) is 0.863. The number of nitrogens with one attached hydrogen (secondary N) is 1. The number of cyclic esters (lactones) is 1. The average Bonchev–Trinajstić information content (AvgIpc) is 2.79. The van der Waals surface area contributed by atoms with Crippen molar-refractivity contribution >= 4 is 28.7 Å². The van der Waals surface area contributed by atoms with Crippen LogP contribution in [0.4, 0.5) is 4.79 Å². The van der Waals surface area contributed by atoms with E-state index in [2.05, 4.69) is 19.2 Å². The molecule has 2 fully saturated rings. The first-order valence-corrected chi connectivity index (χ1v) is 11.3. The molecule has 3 amide bonds. The first-order chi connectivity index (χ1) is 15.3. The van der Waals surface area contributed by atoms with Gasteiger partial charge in [0.1, 0.15) is 0 Å². The van der Waals surface area contributed by atoms with Crippen LogP contribution in [0.15, 0.2) is 42.5 Å². The summed E-state index contributed by atoms with van der Waals surface area (Å²) in [7, 11) is 0. The zero-order valence-electron chi connectivity index (χ0n) is 18.8. The van der Waals surface area contributed by atoms with Crippen molar-refractivity contribution in [1.29, 1.82) is 0 Å². The van der Waals surface area contributed by atoms with E-state index < -0.39 is 0 Å². The van der Waals surface area contributed by atoms with Crippen LogP contribution in [0.1, 0.15) is 32.3 Å². The quantitative estimate of drug-likeness (QED) is 0.780. The summed E-state index contributed by atoms with van der Waals surface area (Å²) in [4.78, 5) is 40.7. The molecule has 0 saturated carbocycles. The number of carbonyl (C=O) groups excluding carboxylic acids is 3. The molecule has 0 radical (unpaired) electrons. The lowest BCUT2D eigenvalue weighted by atomic mass is 9.91. The molecule has 2 saturated heterocycles. The highest BCUT2D eigenvalue weighted by molar-refractivity contribution is 5.88.